The van der Waals surface area contributed by atoms with Crippen molar-refractivity contribution in [1.82, 2.24) is 4.98 Å². The van der Waals surface area contributed by atoms with Gasteiger partial charge in [0.2, 0.25) is 0 Å². The molecular formula is C15H17NO5. The summed E-state index contributed by atoms with van der Waals surface area (Å²) >= 11 is 0. The fraction of sp³-hybridized carbons (Fsp3) is 0.333. The number of rotatable bonds is 8. The summed E-state index contributed by atoms with van der Waals surface area (Å²) in [5, 5.41) is 0.789. The van der Waals surface area contributed by atoms with E-state index >= 15 is 0 Å². The number of ether oxygens (including phenoxy) is 4. The number of hydrogen-bond donors (Lipinski definition) is 0. The lowest BCUT2D eigenvalue weighted by molar-refractivity contribution is -0.00784. The molecule has 0 spiro atoms. The number of aromatic nitrogens is 1. The maximum atomic E-state index is 11.0. The molecule has 0 radical (unpaired) electrons. The molecule has 0 atom stereocenters. The number of hydrogen-bond acceptors (Lipinski definition) is 6. The lowest BCUT2D eigenvalue weighted by Crippen LogP contribution is -2.08. The zero-order chi connectivity index (χ0) is 15.1. The molecule has 0 bridgehead atoms. The van der Waals surface area contributed by atoms with Crippen molar-refractivity contribution in [3.8, 4) is 11.5 Å². The van der Waals surface area contributed by atoms with E-state index in [2.05, 4.69) is 4.98 Å². The van der Waals surface area contributed by atoms with E-state index in [1.165, 1.54) is 0 Å². The Kier molecular flexibility index (Phi) is 5.48. The minimum absolute atomic E-state index is 0.0762. The SMILES string of the molecule is COCCOCOc1cc(C=O)nc2cc(OC)ccc12. The summed E-state index contributed by atoms with van der Waals surface area (Å²) in [6.45, 7) is 1.01. The zero-order valence-corrected chi connectivity index (χ0v) is 12.0. The second kappa shape index (κ2) is 7.56. The van der Waals surface area contributed by atoms with Crippen LogP contribution < -0.4 is 9.47 Å². The molecule has 0 fully saturated rings. The van der Waals surface area contributed by atoms with Gasteiger partial charge in [-0.15, -0.1) is 0 Å². The van der Waals surface area contributed by atoms with Crippen LogP contribution in [-0.2, 0) is 9.47 Å². The number of carbonyl (C=O) groups is 1. The van der Waals surface area contributed by atoms with Crippen LogP contribution in [0.2, 0.25) is 0 Å². The molecule has 0 amide bonds. The topological polar surface area (TPSA) is 66.9 Å². The van der Waals surface area contributed by atoms with E-state index < -0.39 is 0 Å². The third kappa shape index (κ3) is 3.90. The van der Waals surface area contributed by atoms with Gasteiger partial charge in [0.05, 0.1) is 25.8 Å². The van der Waals surface area contributed by atoms with Gasteiger partial charge >= 0.3 is 0 Å². The highest BCUT2D eigenvalue weighted by molar-refractivity contribution is 5.89. The Bertz CT molecular complexity index is 614. The van der Waals surface area contributed by atoms with E-state index in [0.717, 1.165) is 5.39 Å². The van der Waals surface area contributed by atoms with Crippen LogP contribution in [0.4, 0.5) is 0 Å². The molecule has 2 aromatic rings. The summed E-state index contributed by atoms with van der Waals surface area (Å²) in [7, 11) is 3.18. The van der Waals surface area contributed by atoms with Crippen LogP contribution in [0, 0.1) is 0 Å². The van der Waals surface area contributed by atoms with E-state index in [-0.39, 0.29) is 6.79 Å². The standard InChI is InChI=1S/C15H17NO5/c1-18-5-6-20-10-21-15-7-11(9-17)16-14-8-12(19-2)3-4-13(14)15/h3-4,7-9H,5-6,10H2,1-2H3. The predicted molar refractivity (Wildman–Crippen MR) is 77.0 cm³/mol. The Labute approximate surface area is 122 Å². The summed E-state index contributed by atoms with van der Waals surface area (Å²) in [6.07, 6.45) is 0.678. The zero-order valence-electron chi connectivity index (χ0n) is 12.0. The molecule has 0 saturated carbocycles. The molecule has 6 nitrogen and oxygen atoms in total. The van der Waals surface area contributed by atoms with Crippen LogP contribution in [0.5, 0.6) is 11.5 Å². The molecule has 0 aliphatic rings. The predicted octanol–water partition coefficient (Wildman–Crippen LogP) is 2.06. The Hall–Kier alpha value is -2.18. The summed E-state index contributed by atoms with van der Waals surface area (Å²) < 4.78 is 20.9. The minimum Gasteiger partial charge on any atom is -0.497 e. The van der Waals surface area contributed by atoms with Crippen molar-refractivity contribution in [3.63, 3.8) is 0 Å². The lowest BCUT2D eigenvalue weighted by atomic mass is 10.1. The molecule has 2 rings (SSSR count). The lowest BCUT2D eigenvalue weighted by Gasteiger charge is -2.11. The van der Waals surface area contributed by atoms with Gasteiger partial charge in [0, 0.05) is 24.6 Å². The minimum atomic E-state index is 0.0762. The van der Waals surface area contributed by atoms with Crippen LogP contribution in [0.25, 0.3) is 10.9 Å². The van der Waals surface area contributed by atoms with Crippen LogP contribution >= 0.6 is 0 Å². The first-order valence-corrected chi connectivity index (χ1v) is 6.42. The van der Waals surface area contributed by atoms with Gasteiger partial charge in [-0.25, -0.2) is 4.98 Å². The first-order chi connectivity index (χ1) is 10.3. The molecule has 1 aromatic heterocycles. The van der Waals surface area contributed by atoms with Crippen LogP contribution in [0.3, 0.4) is 0 Å². The van der Waals surface area contributed by atoms with Gasteiger partial charge in [-0.3, -0.25) is 4.79 Å². The molecule has 0 unspecified atom stereocenters. The quantitative estimate of drug-likeness (QED) is 0.421. The van der Waals surface area contributed by atoms with Gasteiger partial charge in [0.15, 0.2) is 13.1 Å². The molecular weight excluding hydrogens is 274 g/mol. The molecule has 1 heterocycles. The number of nitrogens with zero attached hydrogens (tertiary/aromatic N) is 1. The van der Waals surface area contributed by atoms with Gasteiger partial charge in [-0.1, -0.05) is 0 Å². The first-order valence-electron chi connectivity index (χ1n) is 6.42. The van der Waals surface area contributed by atoms with Gasteiger partial charge < -0.3 is 18.9 Å². The van der Waals surface area contributed by atoms with Crippen molar-refractivity contribution in [2.45, 2.75) is 0 Å². The van der Waals surface area contributed by atoms with Gasteiger partial charge in [0.25, 0.3) is 0 Å². The van der Waals surface area contributed by atoms with Crippen molar-refractivity contribution in [1.29, 1.82) is 0 Å². The monoisotopic (exact) mass is 291 g/mol. The molecule has 6 heteroatoms. The largest absolute Gasteiger partial charge is 0.497 e. The molecule has 1 aromatic carbocycles. The van der Waals surface area contributed by atoms with Gasteiger partial charge in [-0.05, 0) is 12.1 Å². The third-order valence-corrected chi connectivity index (χ3v) is 2.85. The van der Waals surface area contributed by atoms with Crippen molar-refractivity contribution >= 4 is 17.2 Å². The van der Waals surface area contributed by atoms with E-state index in [9.17, 15) is 4.79 Å². The normalized spacial score (nSPS) is 10.6. The van der Waals surface area contributed by atoms with Crippen molar-refractivity contribution in [2.75, 3.05) is 34.2 Å². The molecule has 0 N–H and O–H groups in total. The number of pyridine rings is 1. The van der Waals surface area contributed by atoms with Gasteiger partial charge in [-0.2, -0.15) is 0 Å². The highest BCUT2D eigenvalue weighted by Crippen LogP contribution is 2.28. The molecule has 0 saturated heterocycles. The Morgan fingerprint density at radius 1 is 1.19 bits per heavy atom. The van der Waals surface area contributed by atoms with Crippen molar-refractivity contribution < 1.29 is 23.7 Å². The highest BCUT2D eigenvalue weighted by atomic mass is 16.7. The summed E-state index contributed by atoms with van der Waals surface area (Å²) in [5.41, 5.74) is 0.925. The van der Waals surface area contributed by atoms with E-state index in [1.807, 2.05) is 12.1 Å². The Morgan fingerprint density at radius 2 is 2.05 bits per heavy atom. The van der Waals surface area contributed by atoms with Gasteiger partial charge in [0.1, 0.15) is 17.2 Å². The van der Waals surface area contributed by atoms with Crippen LogP contribution in [0.1, 0.15) is 10.5 Å². The summed E-state index contributed by atoms with van der Waals surface area (Å²) in [6, 6.07) is 6.98. The number of carbonyl (C=O) groups excluding carboxylic acids is 1. The average Bonchev–Trinajstić information content (AvgIpc) is 2.53. The smallest absolute Gasteiger partial charge is 0.189 e. The van der Waals surface area contributed by atoms with Crippen molar-refractivity contribution in [2.24, 2.45) is 0 Å². The van der Waals surface area contributed by atoms with E-state index in [4.69, 9.17) is 18.9 Å². The summed E-state index contributed by atoms with van der Waals surface area (Å²) in [5.74, 6) is 1.21. The van der Waals surface area contributed by atoms with E-state index in [1.54, 1.807) is 26.4 Å². The van der Waals surface area contributed by atoms with Crippen LogP contribution in [-0.4, -0.2) is 45.5 Å². The average molecular weight is 291 g/mol. The second-order valence-corrected chi connectivity index (χ2v) is 4.21. The third-order valence-electron chi connectivity index (χ3n) is 2.85. The highest BCUT2D eigenvalue weighted by Gasteiger charge is 2.08. The summed E-state index contributed by atoms with van der Waals surface area (Å²) in [4.78, 5) is 15.2. The molecule has 0 aliphatic heterocycles. The number of aldehydes is 1. The maximum Gasteiger partial charge on any atom is 0.189 e. The maximum absolute atomic E-state index is 11.0. The Morgan fingerprint density at radius 3 is 2.76 bits per heavy atom. The van der Waals surface area contributed by atoms with Crippen molar-refractivity contribution in [3.05, 3.63) is 30.0 Å². The molecule has 21 heavy (non-hydrogen) atoms. The molecule has 0 aliphatic carbocycles. The fourth-order valence-electron chi connectivity index (χ4n) is 1.81. The number of fused-ring (bicyclic) bond motifs is 1. The number of benzene rings is 1. The first kappa shape index (κ1) is 15.2. The fourth-order valence-corrected chi connectivity index (χ4v) is 1.81. The van der Waals surface area contributed by atoms with E-state index in [0.29, 0.717) is 42.2 Å². The molecule has 112 valence electrons. The number of methoxy groups -OCH3 is 2. The van der Waals surface area contributed by atoms with Crippen LogP contribution in [0.15, 0.2) is 24.3 Å². The Balaban J connectivity index is 2.22. The second-order valence-electron chi connectivity index (χ2n) is 4.21.